The highest BCUT2D eigenvalue weighted by Crippen LogP contribution is 2.14. The van der Waals surface area contributed by atoms with E-state index in [2.05, 4.69) is 17.0 Å². The summed E-state index contributed by atoms with van der Waals surface area (Å²) in [6.45, 7) is 4.46. The summed E-state index contributed by atoms with van der Waals surface area (Å²) in [6.07, 6.45) is 1.68. The highest BCUT2D eigenvalue weighted by Gasteiger charge is 2.27. The number of nitrogens with zero attached hydrogens (tertiary/aromatic N) is 4. The lowest BCUT2D eigenvalue weighted by atomic mass is 10.2. The van der Waals surface area contributed by atoms with Gasteiger partial charge in [-0.25, -0.2) is 9.07 Å². The Morgan fingerprint density at radius 3 is 2.86 bits per heavy atom. The second-order valence-electron chi connectivity index (χ2n) is 5.74. The number of amides is 1. The SMILES string of the molecule is CC1CN(C)CCN1C(=O)c1ccn(-c2cccc(F)c2)n1. The summed E-state index contributed by atoms with van der Waals surface area (Å²) < 4.78 is 14.8. The predicted octanol–water partition coefficient (Wildman–Crippen LogP) is 1.79. The van der Waals surface area contributed by atoms with Crippen molar-refractivity contribution < 1.29 is 9.18 Å². The fourth-order valence-corrected chi connectivity index (χ4v) is 2.79. The molecular weight excluding hydrogens is 283 g/mol. The number of hydrogen-bond acceptors (Lipinski definition) is 3. The first-order chi connectivity index (χ1) is 10.5. The lowest BCUT2D eigenvalue weighted by molar-refractivity contribution is 0.0527. The average Bonchev–Trinajstić information content (AvgIpc) is 2.96. The Kier molecular flexibility index (Phi) is 3.94. The molecule has 1 unspecified atom stereocenters. The van der Waals surface area contributed by atoms with Gasteiger partial charge in [-0.2, -0.15) is 5.10 Å². The number of piperazine rings is 1. The van der Waals surface area contributed by atoms with E-state index in [0.717, 1.165) is 13.1 Å². The van der Waals surface area contributed by atoms with Crippen LogP contribution in [0, 0.1) is 5.82 Å². The van der Waals surface area contributed by atoms with Gasteiger partial charge in [0.2, 0.25) is 0 Å². The summed E-state index contributed by atoms with van der Waals surface area (Å²) in [7, 11) is 2.05. The maximum Gasteiger partial charge on any atom is 0.274 e. The Morgan fingerprint density at radius 2 is 2.14 bits per heavy atom. The van der Waals surface area contributed by atoms with Gasteiger partial charge in [-0.05, 0) is 38.2 Å². The van der Waals surface area contributed by atoms with Crippen molar-refractivity contribution in [1.29, 1.82) is 0 Å². The molecule has 0 saturated carbocycles. The average molecular weight is 302 g/mol. The standard InChI is InChI=1S/C16H19FN4O/c1-12-11-19(2)8-9-20(12)16(22)15-6-7-21(18-15)14-5-3-4-13(17)10-14/h3-7,10,12H,8-9,11H2,1-2H3. The van der Waals surface area contributed by atoms with E-state index in [-0.39, 0.29) is 17.8 Å². The Hall–Kier alpha value is -2.21. The number of likely N-dealkylation sites (N-methyl/N-ethyl adjacent to an activating group) is 1. The van der Waals surface area contributed by atoms with E-state index in [4.69, 9.17) is 0 Å². The van der Waals surface area contributed by atoms with Gasteiger partial charge in [0, 0.05) is 31.9 Å². The van der Waals surface area contributed by atoms with Gasteiger partial charge in [-0.15, -0.1) is 0 Å². The number of halogens is 1. The van der Waals surface area contributed by atoms with Crippen molar-refractivity contribution in [3.63, 3.8) is 0 Å². The lowest BCUT2D eigenvalue weighted by Gasteiger charge is -2.37. The molecule has 2 aromatic rings. The van der Waals surface area contributed by atoms with Crippen molar-refractivity contribution in [3.8, 4) is 5.69 Å². The Morgan fingerprint density at radius 1 is 1.32 bits per heavy atom. The summed E-state index contributed by atoms with van der Waals surface area (Å²) in [4.78, 5) is 16.6. The molecule has 116 valence electrons. The molecule has 1 aromatic heterocycles. The second-order valence-corrected chi connectivity index (χ2v) is 5.74. The Balaban J connectivity index is 1.80. The molecule has 1 aliphatic heterocycles. The Bertz CT molecular complexity index is 684. The normalized spacial score (nSPS) is 19.4. The van der Waals surface area contributed by atoms with Crippen LogP contribution in [0.1, 0.15) is 17.4 Å². The van der Waals surface area contributed by atoms with Gasteiger partial charge in [0.15, 0.2) is 5.69 Å². The van der Waals surface area contributed by atoms with Crippen LogP contribution in [0.2, 0.25) is 0 Å². The number of aromatic nitrogens is 2. The molecule has 1 saturated heterocycles. The topological polar surface area (TPSA) is 41.4 Å². The molecule has 6 heteroatoms. The minimum Gasteiger partial charge on any atom is -0.332 e. The summed E-state index contributed by atoms with van der Waals surface area (Å²) >= 11 is 0. The van der Waals surface area contributed by atoms with Gasteiger partial charge in [0.05, 0.1) is 5.69 Å². The summed E-state index contributed by atoms with van der Waals surface area (Å²) in [5.74, 6) is -0.399. The van der Waals surface area contributed by atoms with E-state index in [1.165, 1.54) is 16.8 Å². The third-order valence-corrected chi connectivity index (χ3v) is 3.97. The molecule has 1 aliphatic rings. The minimum absolute atomic E-state index is 0.0734. The van der Waals surface area contributed by atoms with Gasteiger partial charge in [-0.1, -0.05) is 6.07 Å². The van der Waals surface area contributed by atoms with E-state index >= 15 is 0 Å². The van der Waals surface area contributed by atoms with Crippen LogP contribution in [-0.2, 0) is 0 Å². The summed E-state index contributed by atoms with van der Waals surface area (Å²) in [5, 5.41) is 4.30. The van der Waals surface area contributed by atoms with E-state index < -0.39 is 0 Å². The number of benzene rings is 1. The molecular formula is C16H19FN4O. The number of carbonyl (C=O) groups excluding carboxylic acids is 1. The number of carbonyl (C=O) groups is 1. The van der Waals surface area contributed by atoms with Crippen LogP contribution in [0.3, 0.4) is 0 Å². The van der Waals surface area contributed by atoms with Gasteiger partial charge >= 0.3 is 0 Å². The number of hydrogen-bond donors (Lipinski definition) is 0. The predicted molar refractivity (Wildman–Crippen MR) is 81.5 cm³/mol. The van der Waals surface area contributed by atoms with Crippen molar-refractivity contribution in [2.75, 3.05) is 26.7 Å². The molecule has 5 nitrogen and oxygen atoms in total. The molecule has 1 fully saturated rings. The van der Waals surface area contributed by atoms with Crippen molar-refractivity contribution >= 4 is 5.91 Å². The molecule has 3 rings (SSSR count). The zero-order valence-corrected chi connectivity index (χ0v) is 12.7. The molecule has 1 aromatic carbocycles. The maximum absolute atomic E-state index is 13.3. The van der Waals surface area contributed by atoms with Crippen LogP contribution < -0.4 is 0 Å². The third kappa shape index (κ3) is 2.87. The third-order valence-electron chi connectivity index (χ3n) is 3.97. The maximum atomic E-state index is 13.3. The monoisotopic (exact) mass is 302 g/mol. The number of rotatable bonds is 2. The molecule has 0 aliphatic carbocycles. The quantitative estimate of drug-likeness (QED) is 0.849. The first-order valence-electron chi connectivity index (χ1n) is 7.36. The largest absolute Gasteiger partial charge is 0.332 e. The fourth-order valence-electron chi connectivity index (χ4n) is 2.79. The van der Waals surface area contributed by atoms with Crippen LogP contribution >= 0.6 is 0 Å². The van der Waals surface area contributed by atoms with Crippen molar-refractivity contribution in [2.24, 2.45) is 0 Å². The zero-order chi connectivity index (χ0) is 15.7. The van der Waals surface area contributed by atoms with Gasteiger partial charge in [-0.3, -0.25) is 4.79 Å². The van der Waals surface area contributed by atoms with Crippen molar-refractivity contribution in [2.45, 2.75) is 13.0 Å². The van der Waals surface area contributed by atoms with E-state index in [1.54, 1.807) is 24.4 Å². The highest BCUT2D eigenvalue weighted by molar-refractivity contribution is 5.92. The van der Waals surface area contributed by atoms with Crippen LogP contribution in [-0.4, -0.2) is 58.2 Å². The molecule has 1 amide bonds. The molecule has 0 bridgehead atoms. The lowest BCUT2D eigenvalue weighted by Crippen LogP contribution is -2.52. The first-order valence-corrected chi connectivity index (χ1v) is 7.36. The first kappa shape index (κ1) is 14.7. The van der Waals surface area contributed by atoms with Crippen molar-refractivity contribution in [1.82, 2.24) is 19.6 Å². The summed E-state index contributed by atoms with van der Waals surface area (Å²) in [6, 6.07) is 7.98. The molecule has 0 radical (unpaired) electrons. The van der Waals surface area contributed by atoms with Gasteiger partial charge in [0.25, 0.3) is 5.91 Å². The highest BCUT2D eigenvalue weighted by atomic mass is 19.1. The van der Waals surface area contributed by atoms with Gasteiger partial charge in [0.1, 0.15) is 5.82 Å². The van der Waals surface area contributed by atoms with Gasteiger partial charge < -0.3 is 9.80 Å². The smallest absolute Gasteiger partial charge is 0.274 e. The van der Waals surface area contributed by atoms with Crippen LogP contribution in [0.25, 0.3) is 5.69 Å². The fraction of sp³-hybridized carbons (Fsp3) is 0.375. The van der Waals surface area contributed by atoms with Crippen molar-refractivity contribution in [3.05, 3.63) is 48.0 Å². The second kappa shape index (κ2) is 5.88. The molecule has 0 N–H and O–H groups in total. The van der Waals surface area contributed by atoms with Crippen LogP contribution in [0.15, 0.2) is 36.5 Å². The zero-order valence-electron chi connectivity index (χ0n) is 12.7. The van der Waals surface area contributed by atoms with E-state index in [1.807, 2.05) is 11.8 Å². The van der Waals surface area contributed by atoms with E-state index in [0.29, 0.717) is 17.9 Å². The molecule has 1 atom stereocenters. The minimum atomic E-state index is -0.325. The van der Waals surface area contributed by atoms with E-state index in [9.17, 15) is 9.18 Å². The summed E-state index contributed by atoms with van der Waals surface area (Å²) in [5.41, 5.74) is 0.992. The van der Waals surface area contributed by atoms with Crippen LogP contribution in [0.5, 0.6) is 0 Å². The molecule has 0 spiro atoms. The Labute approximate surface area is 128 Å². The van der Waals surface area contributed by atoms with Crippen LogP contribution in [0.4, 0.5) is 4.39 Å². The molecule has 22 heavy (non-hydrogen) atoms. The molecule has 2 heterocycles.